The van der Waals surface area contributed by atoms with E-state index in [-0.39, 0.29) is 0 Å². The van der Waals surface area contributed by atoms with Gasteiger partial charge in [0.05, 0.1) is 10.0 Å². The van der Waals surface area contributed by atoms with Crippen LogP contribution in [-0.2, 0) is 6.54 Å². The Morgan fingerprint density at radius 3 is 2.94 bits per heavy atom. The van der Waals surface area contributed by atoms with Crippen LogP contribution in [-0.4, -0.2) is 19.1 Å². The van der Waals surface area contributed by atoms with Gasteiger partial charge in [0.15, 0.2) is 0 Å². The number of benzene rings is 1. The quantitative estimate of drug-likeness (QED) is 0.787. The van der Waals surface area contributed by atoms with Gasteiger partial charge in [-0.15, -0.1) is 0 Å². The zero-order valence-electron chi connectivity index (χ0n) is 9.76. The molecule has 2 rings (SSSR count). The molecular weight excluding hydrogens is 257 g/mol. The first-order valence-corrected chi connectivity index (χ1v) is 6.56. The highest BCUT2D eigenvalue weighted by molar-refractivity contribution is 6.42. The van der Waals surface area contributed by atoms with Crippen molar-refractivity contribution < 1.29 is 0 Å². The average Bonchev–Trinajstić information content (AvgIpc) is 2.71. The highest BCUT2D eigenvalue weighted by Gasteiger charge is 2.21. The Labute approximate surface area is 112 Å². The molecule has 0 amide bonds. The number of halogens is 2. The summed E-state index contributed by atoms with van der Waals surface area (Å²) < 4.78 is 0. The van der Waals surface area contributed by atoms with E-state index in [4.69, 9.17) is 23.2 Å². The van der Waals surface area contributed by atoms with Gasteiger partial charge in [0.1, 0.15) is 0 Å². The smallest absolute Gasteiger partial charge is 0.0637 e. The van der Waals surface area contributed by atoms with Gasteiger partial charge in [0, 0.05) is 31.6 Å². The Balaban J connectivity index is 1.84. The van der Waals surface area contributed by atoms with Crippen LogP contribution in [0.5, 0.6) is 0 Å². The minimum atomic E-state index is 0.498. The van der Waals surface area contributed by atoms with Gasteiger partial charge in [0.25, 0.3) is 0 Å². The summed E-state index contributed by atoms with van der Waals surface area (Å²) in [6, 6.07) is 6.22. The number of hydrogen-bond acceptors (Lipinski definition) is 3. The molecule has 1 aliphatic rings. The van der Waals surface area contributed by atoms with Crippen molar-refractivity contribution in [2.24, 2.45) is 5.92 Å². The fraction of sp³-hybridized carbons (Fsp3) is 0.500. The molecule has 0 radical (unpaired) electrons. The SMILES string of the molecule is CC1NNCC1CNCc1cccc(Cl)c1Cl. The van der Waals surface area contributed by atoms with Crippen molar-refractivity contribution in [2.75, 3.05) is 13.1 Å². The minimum absolute atomic E-state index is 0.498. The molecule has 0 saturated carbocycles. The molecule has 1 aliphatic heterocycles. The van der Waals surface area contributed by atoms with Crippen LogP contribution in [0.3, 0.4) is 0 Å². The maximum atomic E-state index is 6.12. The summed E-state index contributed by atoms with van der Waals surface area (Å²) in [6.45, 7) is 4.89. The summed E-state index contributed by atoms with van der Waals surface area (Å²) in [5, 5.41) is 4.68. The zero-order chi connectivity index (χ0) is 12.3. The van der Waals surface area contributed by atoms with Crippen molar-refractivity contribution in [1.29, 1.82) is 0 Å². The Bertz CT molecular complexity index is 384. The van der Waals surface area contributed by atoms with Crippen molar-refractivity contribution in [2.45, 2.75) is 19.5 Å². The summed E-state index contributed by atoms with van der Waals surface area (Å²) in [4.78, 5) is 0. The van der Waals surface area contributed by atoms with Gasteiger partial charge < -0.3 is 5.32 Å². The summed E-state index contributed by atoms with van der Waals surface area (Å²) in [5.74, 6) is 0.605. The summed E-state index contributed by atoms with van der Waals surface area (Å²) in [5.41, 5.74) is 7.40. The van der Waals surface area contributed by atoms with Gasteiger partial charge in [-0.3, -0.25) is 10.9 Å². The third-order valence-corrected chi connectivity index (χ3v) is 4.01. The van der Waals surface area contributed by atoms with E-state index in [1.807, 2.05) is 12.1 Å². The van der Waals surface area contributed by atoms with E-state index in [2.05, 4.69) is 23.1 Å². The monoisotopic (exact) mass is 273 g/mol. The van der Waals surface area contributed by atoms with Crippen molar-refractivity contribution >= 4 is 23.2 Å². The maximum Gasteiger partial charge on any atom is 0.0637 e. The predicted octanol–water partition coefficient (Wildman–Crippen LogP) is 2.20. The van der Waals surface area contributed by atoms with Gasteiger partial charge in [-0.05, 0) is 18.6 Å². The first-order chi connectivity index (χ1) is 8.18. The zero-order valence-corrected chi connectivity index (χ0v) is 11.3. The largest absolute Gasteiger partial charge is 0.312 e. The first-order valence-electron chi connectivity index (χ1n) is 5.80. The fourth-order valence-electron chi connectivity index (χ4n) is 1.97. The van der Waals surface area contributed by atoms with E-state index in [0.29, 0.717) is 22.0 Å². The molecule has 1 saturated heterocycles. The van der Waals surface area contributed by atoms with Crippen LogP contribution in [0.1, 0.15) is 12.5 Å². The Morgan fingerprint density at radius 2 is 2.24 bits per heavy atom. The third-order valence-electron chi connectivity index (χ3n) is 3.15. The normalized spacial score (nSPS) is 24.2. The van der Waals surface area contributed by atoms with E-state index in [9.17, 15) is 0 Å². The lowest BCUT2D eigenvalue weighted by Gasteiger charge is -2.15. The van der Waals surface area contributed by atoms with Gasteiger partial charge in [-0.2, -0.15) is 0 Å². The van der Waals surface area contributed by atoms with Crippen molar-refractivity contribution in [1.82, 2.24) is 16.2 Å². The highest BCUT2D eigenvalue weighted by atomic mass is 35.5. The molecule has 0 spiro atoms. The molecular formula is C12H17Cl2N3. The molecule has 2 unspecified atom stereocenters. The molecule has 17 heavy (non-hydrogen) atoms. The van der Waals surface area contributed by atoms with Gasteiger partial charge in [-0.1, -0.05) is 35.3 Å². The lowest BCUT2D eigenvalue weighted by atomic mass is 10.0. The molecule has 3 nitrogen and oxygen atoms in total. The van der Waals surface area contributed by atoms with Crippen LogP contribution in [0.4, 0.5) is 0 Å². The molecule has 94 valence electrons. The Kier molecular flexibility index (Phi) is 4.65. The predicted molar refractivity (Wildman–Crippen MR) is 72.3 cm³/mol. The average molecular weight is 274 g/mol. The second kappa shape index (κ2) is 6.03. The summed E-state index contributed by atoms with van der Waals surface area (Å²) in [6.07, 6.45) is 0. The highest BCUT2D eigenvalue weighted by Crippen LogP contribution is 2.25. The second-order valence-corrected chi connectivity index (χ2v) is 5.20. The van der Waals surface area contributed by atoms with E-state index in [1.165, 1.54) is 0 Å². The number of hydrazine groups is 1. The van der Waals surface area contributed by atoms with Crippen LogP contribution in [0, 0.1) is 5.92 Å². The maximum absolute atomic E-state index is 6.12. The lowest BCUT2D eigenvalue weighted by Crippen LogP contribution is -2.32. The van der Waals surface area contributed by atoms with Crippen LogP contribution in [0.15, 0.2) is 18.2 Å². The summed E-state index contributed by atoms with van der Waals surface area (Å²) in [7, 11) is 0. The third kappa shape index (κ3) is 3.33. The van der Waals surface area contributed by atoms with E-state index >= 15 is 0 Å². The molecule has 5 heteroatoms. The molecule has 0 aromatic heterocycles. The molecule has 2 atom stereocenters. The van der Waals surface area contributed by atoms with E-state index < -0.39 is 0 Å². The standard InChI is InChI=1S/C12H17Cl2N3/c1-8-10(7-16-17-8)6-15-5-9-3-2-4-11(13)12(9)14/h2-4,8,10,15-17H,5-7H2,1H3. The number of hydrogen-bond donors (Lipinski definition) is 3. The van der Waals surface area contributed by atoms with Crippen molar-refractivity contribution in [3.05, 3.63) is 33.8 Å². The topological polar surface area (TPSA) is 36.1 Å². The van der Waals surface area contributed by atoms with Gasteiger partial charge in [0.2, 0.25) is 0 Å². The molecule has 1 heterocycles. The molecule has 0 bridgehead atoms. The fourth-order valence-corrected chi connectivity index (χ4v) is 2.36. The van der Waals surface area contributed by atoms with Gasteiger partial charge >= 0.3 is 0 Å². The van der Waals surface area contributed by atoms with Crippen molar-refractivity contribution in [3.8, 4) is 0 Å². The molecule has 1 fully saturated rings. The second-order valence-electron chi connectivity index (χ2n) is 4.42. The van der Waals surface area contributed by atoms with Crippen molar-refractivity contribution in [3.63, 3.8) is 0 Å². The molecule has 1 aromatic carbocycles. The van der Waals surface area contributed by atoms with Crippen LogP contribution in [0.2, 0.25) is 10.0 Å². The first kappa shape index (κ1) is 13.1. The Morgan fingerprint density at radius 1 is 1.41 bits per heavy atom. The van der Waals surface area contributed by atoms with Crippen LogP contribution < -0.4 is 16.2 Å². The molecule has 0 aliphatic carbocycles. The van der Waals surface area contributed by atoms with Crippen LogP contribution >= 0.6 is 23.2 Å². The molecule has 3 N–H and O–H groups in total. The van der Waals surface area contributed by atoms with E-state index in [1.54, 1.807) is 6.07 Å². The van der Waals surface area contributed by atoms with E-state index in [0.717, 1.165) is 25.2 Å². The van der Waals surface area contributed by atoms with Gasteiger partial charge in [-0.25, -0.2) is 0 Å². The lowest BCUT2D eigenvalue weighted by molar-refractivity contribution is 0.454. The minimum Gasteiger partial charge on any atom is -0.312 e. The van der Waals surface area contributed by atoms with Crippen LogP contribution in [0.25, 0.3) is 0 Å². The number of nitrogens with one attached hydrogen (secondary N) is 3. The molecule has 1 aromatic rings. The summed E-state index contributed by atoms with van der Waals surface area (Å²) >= 11 is 12.1. The number of rotatable bonds is 4. The Hall–Kier alpha value is -0.320.